The third-order valence-electron chi connectivity index (χ3n) is 3.99. The van der Waals surface area contributed by atoms with Gasteiger partial charge in [0.2, 0.25) is 0 Å². The summed E-state index contributed by atoms with van der Waals surface area (Å²) in [7, 11) is 0. The molecule has 0 unspecified atom stereocenters. The van der Waals surface area contributed by atoms with E-state index in [1.807, 2.05) is 42.3 Å². The molecule has 1 atom stereocenters. The van der Waals surface area contributed by atoms with Gasteiger partial charge in [-0.05, 0) is 50.1 Å². The second-order valence-electron chi connectivity index (χ2n) is 5.79. The summed E-state index contributed by atoms with van der Waals surface area (Å²) in [5.41, 5.74) is 2.76. The van der Waals surface area contributed by atoms with Gasteiger partial charge < -0.3 is 15.7 Å². The molecule has 0 aromatic carbocycles. The molecule has 2 aromatic heterocycles. The first-order valence-corrected chi connectivity index (χ1v) is 8.59. The molecular formula is C16H24N4O2S. The van der Waals surface area contributed by atoms with Crippen LogP contribution in [0.3, 0.4) is 0 Å². The predicted octanol–water partition coefficient (Wildman–Crippen LogP) is 2.29. The number of aryl methyl sites for hydroxylation is 2. The number of nitrogens with one attached hydrogen (secondary N) is 2. The molecule has 0 spiro atoms. The van der Waals surface area contributed by atoms with Crippen molar-refractivity contribution in [3.8, 4) is 0 Å². The average molecular weight is 336 g/mol. The van der Waals surface area contributed by atoms with Crippen molar-refractivity contribution < 1.29 is 9.90 Å². The molecular weight excluding hydrogens is 312 g/mol. The molecule has 2 rings (SSSR count). The molecule has 0 radical (unpaired) electrons. The van der Waals surface area contributed by atoms with E-state index in [-0.39, 0.29) is 12.6 Å². The Kier molecular flexibility index (Phi) is 5.43. The monoisotopic (exact) mass is 336 g/mol. The number of aromatic nitrogens is 2. The molecule has 0 saturated heterocycles. The van der Waals surface area contributed by atoms with Crippen molar-refractivity contribution in [2.75, 3.05) is 6.54 Å². The first-order valence-electron chi connectivity index (χ1n) is 7.64. The number of amides is 2. The van der Waals surface area contributed by atoms with Crippen LogP contribution in [-0.2, 0) is 18.7 Å². The van der Waals surface area contributed by atoms with E-state index in [0.29, 0.717) is 6.54 Å². The van der Waals surface area contributed by atoms with Crippen molar-refractivity contribution in [3.63, 3.8) is 0 Å². The Morgan fingerprint density at radius 2 is 2.17 bits per heavy atom. The van der Waals surface area contributed by atoms with Gasteiger partial charge in [0.05, 0.1) is 12.2 Å². The SMILES string of the molecule is CCn1nc(C)c(CNC(=O)NC[C@](C)(O)c2ccsc2)c1C. The molecule has 0 saturated carbocycles. The van der Waals surface area contributed by atoms with Crippen molar-refractivity contribution in [1.82, 2.24) is 20.4 Å². The fraction of sp³-hybridized carbons (Fsp3) is 0.500. The Morgan fingerprint density at radius 1 is 1.43 bits per heavy atom. The lowest BCUT2D eigenvalue weighted by molar-refractivity contribution is 0.0598. The Bertz CT molecular complexity index is 662. The van der Waals surface area contributed by atoms with Gasteiger partial charge in [-0.3, -0.25) is 4.68 Å². The molecule has 0 aliphatic carbocycles. The smallest absolute Gasteiger partial charge is 0.315 e. The van der Waals surface area contributed by atoms with Crippen LogP contribution in [0, 0.1) is 13.8 Å². The van der Waals surface area contributed by atoms with Crippen LogP contribution in [0.25, 0.3) is 0 Å². The Balaban J connectivity index is 1.87. The lowest BCUT2D eigenvalue weighted by atomic mass is 9.99. The summed E-state index contributed by atoms with van der Waals surface area (Å²) in [4.78, 5) is 12.0. The van der Waals surface area contributed by atoms with Gasteiger partial charge in [-0.15, -0.1) is 0 Å². The van der Waals surface area contributed by atoms with Gasteiger partial charge in [-0.25, -0.2) is 4.79 Å². The molecule has 7 heteroatoms. The molecule has 0 aliphatic heterocycles. The number of hydrogen-bond acceptors (Lipinski definition) is 4. The zero-order chi connectivity index (χ0) is 17.0. The van der Waals surface area contributed by atoms with Crippen LogP contribution in [-0.4, -0.2) is 27.5 Å². The maximum atomic E-state index is 12.0. The summed E-state index contributed by atoms with van der Waals surface area (Å²) >= 11 is 1.52. The van der Waals surface area contributed by atoms with Crippen LogP contribution >= 0.6 is 11.3 Å². The summed E-state index contributed by atoms with van der Waals surface area (Å²) in [6.07, 6.45) is 0. The fourth-order valence-electron chi connectivity index (χ4n) is 2.45. The Hall–Kier alpha value is -1.86. The van der Waals surface area contributed by atoms with Crippen molar-refractivity contribution in [3.05, 3.63) is 39.3 Å². The average Bonchev–Trinajstić information content (AvgIpc) is 3.13. The van der Waals surface area contributed by atoms with E-state index in [2.05, 4.69) is 15.7 Å². The highest BCUT2D eigenvalue weighted by Gasteiger charge is 2.24. The van der Waals surface area contributed by atoms with Crippen molar-refractivity contribution in [2.24, 2.45) is 0 Å². The highest BCUT2D eigenvalue weighted by atomic mass is 32.1. The van der Waals surface area contributed by atoms with Crippen LogP contribution < -0.4 is 10.6 Å². The van der Waals surface area contributed by atoms with E-state index in [0.717, 1.165) is 29.1 Å². The van der Waals surface area contributed by atoms with Crippen LogP contribution in [0.2, 0.25) is 0 Å². The highest BCUT2D eigenvalue weighted by Crippen LogP contribution is 2.21. The van der Waals surface area contributed by atoms with E-state index in [4.69, 9.17) is 0 Å². The second kappa shape index (κ2) is 7.14. The van der Waals surface area contributed by atoms with E-state index < -0.39 is 5.60 Å². The molecule has 2 amide bonds. The molecule has 0 fully saturated rings. The van der Waals surface area contributed by atoms with Crippen LogP contribution in [0.1, 0.15) is 36.4 Å². The third kappa shape index (κ3) is 4.11. The number of urea groups is 1. The number of carbonyl (C=O) groups is 1. The standard InChI is InChI=1S/C16H24N4O2S/c1-5-20-12(3)14(11(2)19-20)8-17-15(21)18-10-16(4,22)13-6-7-23-9-13/h6-7,9,22H,5,8,10H2,1-4H3,(H2,17,18,21)/t16-/m0/s1. The topological polar surface area (TPSA) is 79.2 Å². The lowest BCUT2D eigenvalue weighted by Gasteiger charge is -2.22. The highest BCUT2D eigenvalue weighted by molar-refractivity contribution is 7.08. The fourth-order valence-corrected chi connectivity index (χ4v) is 3.24. The first kappa shape index (κ1) is 17.5. The largest absolute Gasteiger partial charge is 0.384 e. The second-order valence-corrected chi connectivity index (χ2v) is 6.57. The number of thiophene rings is 1. The molecule has 2 heterocycles. The van der Waals surface area contributed by atoms with Gasteiger partial charge in [0.15, 0.2) is 0 Å². The minimum atomic E-state index is -1.07. The molecule has 0 bridgehead atoms. The van der Waals surface area contributed by atoms with E-state index in [1.165, 1.54) is 11.3 Å². The van der Waals surface area contributed by atoms with E-state index in [9.17, 15) is 9.90 Å². The number of nitrogens with zero attached hydrogens (tertiary/aromatic N) is 2. The van der Waals surface area contributed by atoms with Gasteiger partial charge in [-0.2, -0.15) is 16.4 Å². The van der Waals surface area contributed by atoms with Crippen molar-refractivity contribution in [1.29, 1.82) is 0 Å². The normalized spacial score (nSPS) is 13.6. The first-order chi connectivity index (χ1) is 10.8. The number of rotatable bonds is 6. The Morgan fingerprint density at radius 3 is 2.74 bits per heavy atom. The molecule has 2 aromatic rings. The minimum absolute atomic E-state index is 0.155. The van der Waals surface area contributed by atoms with Gasteiger partial charge in [0.1, 0.15) is 5.60 Å². The summed E-state index contributed by atoms with van der Waals surface area (Å²) < 4.78 is 1.92. The van der Waals surface area contributed by atoms with Gasteiger partial charge in [0.25, 0.3) is 0 Å². The van der Waals surface area contributed by atoms with Crippen molar-refractivity contribution in [2.45, 2.75) is 46.4 Å². The van der Waals surface area contributed by atoms with Gasteiger partial charge >= 0.3 is 6.03 Å². The molecule has 6 nitrogen and oxygen atoms in total. The summed E-state index contributed by atoms with van der Waals surface area (Å²) in [5.74, 6) is 0. The van der Waals surface area contributed by atoms with Gasteiger partial charge in [0, 0.05) is 24.3 Å². The van der Waals surface area contributed by atoms with Crippen LogP contribution in [0.5, 0.6) is 0 Å². The molecule has 23 heavy (non-hydrogen) atoms. The molecule has 0 aliphatic rings. The minimum Gasteiger partial charge on any atom is -0.384 e. The maximum absolute atomic E-state index is 12.0. The Labute approximate surface area is 140 Å². The lowest BCUT2D eigenvalue weighted by Crippen LogP contribution is -2.43. The van der Waals surface area contributed by atoms with Gasteiger partial charge in [-0.1, -0.05) is 0 Å². The number of aliphatic hydroxyl groups is 1. The number of hydrogen-bond donors (Lipinski definition) is 3. The zero-order valence-electron chi connectivity index (χ0n) is 14.0. The van der Waals surface area contributed by atoms with Crippen molar-refractivity contribution >= 4 is 17.4 Å². The molecule has 126 valence electrons. The predicted molar refractivity (Wildman–Crippen MR) is 91.5 cm³/mol. The summed E-state index contributed by atoms with van der Waals surface area (Å²) in [6.45, 7) is 9.05. The third-order valence-corrected chi connectivity index (χ3v) is 4.68. The van der Waals surface area contributed by atoms with E-state index in [1.54, 1.807) is 6.92 Å². The zero-order valence-corrected chi connectivity index (χ0v) is 14.8. The quantitative estimate of drug-likeness (QED) is 0.757. The molecule has 3 N–H and O–H groups in total. The van der Waals surface area contributed by atoms with E-state index >= 15 is 0 Å². The number of carbonyl (C=O) groups excluding carboxylic acids is 1. The van der Waals surface area contributed by atoms with Crippen LogP contribution in [0.15, 0.2) is 16.8 Å². The summed E-state index contributed by atoms with van der Waals surface area (Å²) in [5, 5.41) is 24.1. The maximum Gasteiger partial charge on any atom is 0.315 e. The van der Waals surface area contributed by atoms with Crippen LogP contribution in [0.4, 0.5) is 4.79 Å². The summed E-state index contributed by atoms with van der Waals surface area (Å²) in [6, 6.07) is 1.55.